The van der Waals surface area contributed by atoms with Gasteiger partial charge in [0.1, 0.15) is 0 Å². The molecule has 1 atom stereocenters. The van der Waals surface area contributed by atoms with E-state index in [1.165, 1.54) is 0 Å². The highest BCUT2D eigenvalue weighted by Crippen LogP contribution is 2.28. The number of anilines is 2. The normalized spacial score (nSPS) is 23.8. The van der Waals surface area contributed by atoms with E-state index < -0.39 is 5.60 Å². The molecule has 106 valence electrons. The Hall–Kier alpha value is -1.88. The van der Waals surface area contributed by atoms with Crippen LogP contribution in [0.4, 0.5) is 11.6 Å². The lowest BCUT2D eigenvalue weighted by Gasteiger charge is -2.24. The van der Waals surface area contributed by atoms with Crippen LogP contribution in [0.15, 0.2) is 24.3 Å². The molecule has 1 aliphatic heterocycles. The molecule has 0 aliphatic carbocycles. The number of nitrogens with two attached hydrogens (primary N) is 1. The zero-order valence-corrected chi connectivity index (χ0v) is 11.7. The molecule has 5 nitrogen and oxygen atoms in total. The molecule has 2 heterocycles. The molecule has 3 rings (SSSR count). The fourth-order valence-corrected chi connectivity index (χ4v) is 2.71. The van der Waals surface area contributed by atoms with Gasteiger partial charge < -0.3 is 15.7 Å². The number of benzene rings is 1. The molecule has 20 heavy (non-hydrogen) atoms. The minimum Gasteiger partial charge on any atom is -0.390 e. The van der Waals surface area contributed by atoms with Gasteiger partial charge >= 0.3 is 0 Å². The average Bonchev–Trinajstić information content (AvgIpc) is 2.59. The monoisotopic (exact) mass is 272 g/mol. The first kappa shape index (κ1) is 13.1. The first-order valence-electron chi connectivity index (χ1n) is 7.05. The van der Waals surface area contributed by atoms with Gasteiger partial charge in [0.05, 0.1) is 16.6 Å². The predicted octanol–water partition coefficient (Wildman–Crippen LogP) is 1.95. The Morgan fingerprint density at radius 2 is 1.85 bits per heavy atom. The Morgan fingerprint density at radius 3 is 2.60 bits per heavy atom. The van der Waals surface area contributed by atoms with Gasteiger partial charge in [0.15, 0.2) is 11.6 Å². The maximum atomic E-state index is 10.2. The third kappa shape index (κ3) is 2.54. The van der Waals surface area contributed by atoms with Crippen molar-refractivity contribution < 1.29 is 5.11 Å². The third-order valence-electron chi connectivity index (χ3n) is 3.94. The maximum absolute atomic E-state index is 10.2. The number of nitrogens with zero attached hydrogens (tertiary/aromatic N) is 3. The lowest BCUT2D eigenvalue weighted by atomic mass is 9.98. The Labute approximate surface area is 118 Å². The topological polar surface area (TPSA) is 75.3 Å². The second-order valence-electron chi connectivity index (χ2n) is 5.76. The van der Waals surface area contributed by atoms with Crippen LogP contribution in [-0.4, -0.2) is 33.8 Å². The van der Waals surface area contributed by atoms with Crippen molar-refractivity contribution in [3.05, 3.63) is 24.3 Å². The van der Waals surface area contributed by atoms with Gasteiger partial charge in [0, 0.05) is 13.1 Å². The molecule has 0 radical (unpaired) electrons. The van der Waals surface area contributed by atoms with Crippen LogP contribution < -0.4 is 10.6 Å². The second-order valence-corrected chi connectivity index (χ2v) is 5.76. The highest BCUT2D eigenvalue weighted by Gasteiger charge is 2.26. The van der Waals surface area contributed by atoms with E-state index in [1.54, 1.807) is 0 Å². The molecule has 0 amide bonds. The Kier molecular flexibility index (Phi) is 3.22. The summed E-state index contributed by atoms with van der Waals surface area (Å²) in [5.41, 5.74) is 7.14. The molecular weight excluding hydrogens is 252 g/mol. The zero-order valence-electron chi connectivity index (χ0n) is 11.7. The highest BCUT2D eigenvalue weighted by molar-refractivity contribution is 5.79. The van der Waals surface area contributed by atoms with Crippen LogP contribution in [0.3, 0.4) is 0 Å². The van der Waals surface area contributed by atoms with E-state index in [9.17, 15) is 5.11 Å². The van der Waals surface area contributed by atoms with E-state index >= 15 is 0 Å². The van der Waals surface area contributed by atoms with E-state index in [2.05, 4.69) is 14.9 Å². The molecule has 0 bridgehead atoms. The Morgan fingerprint density at radius 1 is 1.15 bits per heavy atom. The largest absolute Gasteiger partial charge is 0.390 e. The average molecular weight is 272 g/mol. The molecule has 3 N–H and O–H groups in total. The molecule has 1 saturated heterocycles. The Balaban J connectivity index is 1.95. The summed E-state index contributed by atoms with van der Waals surface area (Å²) >= 11 is 0. The minimum absolute atomic E-state index is 0.463. The quantitative estimate of drug-likeness (QED) is 0.830. The van der Waals surface area contributed by atoms with Gasteiger partial charge in [-0.15, -0.1) is 0 Å². The maximum Gasteiger partial charge on any atom is 0.172 e. The first-order chi connectivity index (χ1) is 9.55. The SMILES string of the molecule is CC1(O)CCCN(c2nc3ccccc3nc2N)CC1. The van der Waals surface area contributed by atoms with E-state index in [4.69, 9.17) is 5.73 Å². The summed E-state index contributed by atoms with van der Waals surface area (Å²) in [4.78, 5) is 11.2. The summed E-state index contributed by atoms with van der Waals surface area (Å²) in [6.45, 7) is 3.50. The van der Waals surface area contributed by atoms with Crippen LogP contribution in [0.1, 0.15) is 26.2 Å². The van der Waals surface area contributed by atoms with E-state index in [0.717, 1.165) is 49.2 Å². The molecular formula is C15H20N4O. The lowest BCUT2D eigenvalue weighted by Crippen LogP contribution is -2.29. The highest BCUT2D eigenvalue weighted by atomic mass is 16.3. The summed E-state index contributed by atoms with van der Waals surface area (Å²) in [7, 11) is 0. The number of para-hydroxylation sites is 2. The number of hydrogen-bond acceptors (Lipinski definition) is 5. The third-order valence-corrected chi connectivity index (χ3v) is 3.94. The fraction of sp³-hybridized carbons (Fsp3) is 0.467. The predicted molar refractivity (Wildman–Crippen MR) is 80.6 cm³/mol. The fourth-order valence-electron chi connectivity index (χ4n) is 2.71. The summed E-state index contributed by atoms with van der Waals surface area (Å²) in [6.07, 6.45) is 2.46. The van der Waals surface area contributed by atoms with Crippen molar-refractivity contribution in [2.45, 2.75) is 31.8 Å². The van der Waals surface area contributed by atoms with Crippen LogP contribution in [0, 0.1) is 0 Å². The van der Waals surface area contributed by atoms with E-state index in [-0.39, 0.29) is 0 Å². The van der Waals surface area contributed by atoms with Crippen molar-refractivity contribution in [2.75, 3.05) is 23.7 Å². The van der Waals surface area contributed by atoms with Crippen molar-refractivity contribution in [3.8, 4) is 0 Å². The number of aromatic nitrogens is 2. The summed E-state index contributed by atoms with van der Waals surface area (Å²) in [6, 6.07) is 7.73. The second kappa shape index (κ2) is 4.90. The summed E-state index contributed by atoms with van der Waals surface area (Å²) in [5.74, 6) is 1.20. The van der Waals surface area contributed by atoms with Crippen LogP contribution >= 0.6 is 0 Å². The molecule has 1 aromatic heterocycles. The van der Waals surface area contributed by atoms with Gasteiger partial charge in [0.25, 0.3) is 0 Å². The van der Waals surface area contributed by atoms with Gasteiger partial charge in [-0.1, -0.05) is 12.1 Å². The molecule has 0 saturated carbocycles. The van der Waals surface area contributed by atoms with E-state index in [0.29, 0.717) is 5.82 Å². The minimum atomic E-state index is -0.589. The van der Waals surface area contributed by atoms with Gasteiger partial charge in [-0.05, 0) is 38.3 Å². The number of fused-ring (bicyclic) bond motifs is 1. The van der Waals surface area contributed by atoms with Crippen LogP contribution in [0.5, 0.6) is 0 Å². The molecule has 5 heteroatoms. The Bertz CT molecular complexity index is 626. The van der Waals surface area contributed by atoms with Crippen molar-refractivity contribution in [3.63, 3.8) is 0 Å². The lowest BCUT2D eigenvalue weighted by molar-refractivity contribution is 0.0481. The smallest absolute Gasteiger partial charge is 0.172 e. The standard InChI is InChI=1S/C15H20N4O/c1-15(20)7-4-9-19(10-8-15)14-13(16)17-11-5-2-3-6-12(11)18-14/h2-3,5-6,20H,4,7-10H2,1H3,(H2,16,17). The van der Waals surface area contributed by atoms with Crippen molar-refractivity contribution in [1.82, 2.24) is 9.97 Å². The molecule has 1 fully saturated rings. The number of aliphatic hydroxyl groups is 1. The van der Waals surface area contributed by atoms with Crippen LogP contribution in [0.25, 0.3) is 11.0 Å². The van der Waals surface area contributed by atoms with Gasteiger partial charge in [-0.25, -0.2) is 9.97 Å². The molecule has 1 aromatic carbocycles. The zero-order chi connectivity index (χ0) is 14.2. The van der Waals surface area contributed by atoms with Gasteiger partial charge in [0.2, 0.25) is 0 Å². The molecule has 2 aromatic rings. The van der Waals surface area contributed by atoms with E-state index in [1.807, 2.05) is 31.2 Å². The molecule has 0 spiro atoms. The number of nitrogen functional groups attached to an aromatic ring is 1. The van der Waals surface area contributed by atoms with Crippen LogP contribution in [-0.2, 0) is 0 Å². The van der Waals surface area contributed by atoms with Crippen molar-refractivity contribution in [1.29, 1.82) is 0 Å². The first-order valence-corrected chi connectivity index (χ1v) is 7.05. The van der Waals surface area contributed by atoms with Gasteiger partial charge in [-0.2, -0.15) is 0 Å². The molecule has 1 aliphatic rings. The van der Waals surface area contributed by atoms with Crippen molar-refractivity contribution in [2.24, 2.45) is 0 Å². The van der Waals surface area contributed by atoms with Gasteiger partial charge in [-0.3, -0.25) is 0 Å². The van der Waals surface area contributed by atoms with Crippen LogP contribution in [0.2, 0.25) is 0 Å². The summed E-state index contributed by atoms with van der Waals surface area (Å²) < 4.78 is 0. The summed E-state index contributed by atoms with van der Waals surface area (Å²) in [5, 5.41) is 10.2. The number of rotatable bonds is 1. The number of hydrogen-bond donors (Lipinski definition) is 2. The molecule has 1 unspecified atom stereocenters. The van der Waals surface area contributed by atoms with Crippen molar-refractivity contribution >= 4 is 22.7 Å².